The minimum atomic E-state index is -1.12. The molecule has 0 bridgehead atoms. The normalized spacial score (nSPS) is 17.5. The lowest BCUT2D eigenvalue weighted by Gasteiger charge is -2.35. The van der Waals surface area contributed by atoms with Gasteiger partial charge < -0.3 is 10.0 Å². The Labute approximate surface area is 148 Å². The summed E-state index contributed by atoms with van der Waals surface area (Å²) in [5.41, 5.74) is 1.17. The third-order valence-corrected chi connectivity index (χ3v) is 5.13. The molecule has 0 fully saturated rings. The number of benzene rings is 1. The van der Waals surface area contributed by atoms with Crippen LogP contribution < -0.4 is 0 Å². The maximum absolute atomic E-state index is 12.7. The van der Waals surface area contributed by atoms with Gasteiger partial charge in [-0.3, -0.25) is 19.7 Å². The van der Waals surface area contributed by atoms with Crippen LogP contribution in [-0.4, -0.2) is 43.7 Å². The Morgan fingerprint density at radius 2 is 2.08 bits per heavy atom. The number of carboxylic acids is 1. The van der Waals surface area contributed by atoms with E-state index in [1.165, 1.54) is 24.0 Å². The van der Waals surface area contributed by atoms with E-state index in [4.69, 9.17) is 0 Å². The van der Waals surface area contributed by atoms with E-state index in [2.05, 4.69) is 0 Å². The molecule has 134 valence electrons. The van der Waals surface area contributed by atoms with Gasteiger partial charge in [-0.25, -0.2) is 4.79 Å². The van der Waals surface area contributed by atoms with Gasteiger partial charge in [-0.2, -0.15) is 0 Å². The number of nitro benzene ring substituents is 1. The molecular formula is C16H18N2O6S. The number of carboxylic acid groups (broad SMARTS) is 1. The van der Waals surface area contributed by atoms with Gasteiger partial charge in [-0.15, -0.1) is 0 Å². The highest BCUT2D eigenvalue weighted by molar-refractivity contribution is 8.13. The summed E-state index contributed by atoms with van der Waals surface area (Å²) in [6.45, 7) is 3.04. The lowest BCUT2D eigenvalue weighted by atomic mass is 9.92. The molecule has 25 heavy (non-hydrogen) atoms. The van der Waals surface area contributed by atoms with Crippen molar-refractivity contribution in [2.45, 2.75) is 32.9 Å². The van der Waals surface area contributed by atoms with Crippen molar-refractivity contribution in [1.82, 2.24) is 4.90 Å². The zero-order valence-electron chi connectivity index (χ0n) is 13.8. The summed E-state index contributed by atoms with van der Waals surface area (Å²) in [6.07, 6.45) is 0.0982. The Morgan fingerprint density at radius 1 is 1.40 bits per heavy atom. The second-order valence-electron chi connectivity index (χ2n) is 5.94. The fraction of sp³-hybridized carbons (Fsp3) is 0.438. The van der Waals surface area contributed by atoms with Crippen LogP contribution in [0.25, 0.3) is 0 Å². The molecule has 0 spiro atoms. The molecule has 1 aromatic carbocycles. The number of fused-ring (bicyclic) bond motifs is 1. The van der Waals surface area contributed by atoms with Crippen LogP contribution in [-0.2, 0) is 27.3 Å². The van der Waals surface area contributed by atoms with Gasteiger partial charge in [0.2, 0.25) is 5.91 Å². The van der Waals surface area contributed by atoms with E-state index in [0.29, 0.717) is 11.1 Å². The van der Waals surface area contributed by atoms with Crippen molar-refractivity contribution < 1.29 is 24.4 Å². The molecule has 8 nitrogen and oxygen atoms in total. The van der Waals surface area contributed by atoms with Gasteiger partial charge in [0, 0.05) is 43.7 Å². The van der Waals surface area contributed by atoms with E-state index >= 15 is 0 Å². The summed E-state index contributed by atoms with van der Waals surface area (Å²) in [7, 11) is 0. The lowest BCUT2D eigenvalue weighted by Crippen LogP contribution is -2.50. The smallest absolute Gasteiger partial charge is 0.326 e. The van der Waals surface area contributed by atoms with E-state index in [1.807, 2.05) is 0 Å². The second-order valence-corrected chi connectivity index (χ2v) is 7.13. The van der Waals surface area contributed by atoms with Crippen LogP contribution in [0, 0.1) is 16.0 Å². The number of hydrogen-bond donors (Lipinski definition) is 1. The van der Waals surface area contributed by atoms with Crippen LogP contribution in [0.2, 0.25) is 0 Å². The van der Waals surface area contributed by atoms with Gasteiger partial charge in [-0.05, 0) is 11.1 Å². The van der Waals surface area contributed by atoms with Gasteiger partial charge in [-0.1, -0.05) is 24.8 Å². The van der Waals surface area contributed by atoms with Gasteiger partial charge in [0.25, 0.3) is 5.69 Å². The molecular weight excluding hydrogens is 348 g/mol. The van der Waals surface area contributed by atoms with Gasteiger partial charge in [0.05, 0.1) is 4.92 Å². The molecule has 0 saturated heterocycles. The number of nitrogens with zero attached hydrogens (tertiary/aromatic N) is 2. The van der Waals surface area contributed by atoms with Crippen LogP contribution in [0.3, 0.4) is 0 Å². The van der Waals surface area contributed by atoms with E-state index in [-0.39, 0.29) is 35.4 Å². The number of carbonyl (C=O) groups is 3. The van der Waals surface area contributed by atoms with Crippen molar-refractivity contribution in [1.29, 1.82) is 0 Å². The zero-order chi connectivity index (χ0) is 18.7. The maximum Gasteiger partial charge on any atom is 0.326 e. The first kappa shape index (κ1) is 18.9. The van der Waals surface area contributed by atoms with E-state index in [1.54, 1.807) is 13.0 Å². The minimum absolute atomic E-state index is 0.00188. The molecule has 2 atom stereocenters. The van der Waals surface area contributed by atoms with Crippen molar-refractivity contribution in [2.75, 3.05) is 5.75 Å². The number of hydrogen-bond acceptors (Lipinski definition) is 6. The number of rotatable bonds is 5. The molecule has 9 heteroatoms. The Hall–Kier alpha value is -2.42. The van der Waals surface area contributed by atoms with Crippen molar-refractivity contribution in [3.63, 3.8) is 0 Å². The standard InChI is InChI=1S/C16H18N2O6S/c1-9(8-25-10(2)19)15(20)17-7-12-5-13(18(23)24)4-3-11(12)6-14(17)16(21)22/h3-5,9,14H,6-8H2,1-2H3,(H,21,22). The molecule has 2 unspecified atom stereocenters. The number of carbonyl (C=O) groups excluding carboxylic acids is 2. The molecule has 1 heterocycles. The molecule has 0 aromatic heterocycles. The van der Waals surface area contributed by atoms with Crippen LogP contribution >= 0.6 is 11.8 Å². The van der Waals surface area contributed by atoms with E-state index in [9.17, 15) is 29.6 Å². The number of amides is 1. The molecule has 2 rings (SSSR count). The summed E-state index contributed by atoms with van der Waals surface area (Å²) in [5.74, 6) is -1.77. The third kappa shape index (κ3) is 4.36. The number of non-ortho nitro benzene ring substituents is 1. The van der Waals surface area contributed by atoms with Gasteiger partial charge >= 0.3 is 5.97 Å². The monoisotopic (exact) mass is 366 g/mol. The average molecular weight is 366 g/mol. The van der Waals surface area contributed by atoms with Crippen LogP contribution in [0.4, 0.5) is 5.69 Å². The predicted octanol–water partition coefficient (Wildman–Crippen LogP) is 1.85. The topological polar surface area (TPSA) is 118 Å². The van der Waals surface area contributed by atoms with E-state index < -0.39 is 22.9 Å². The number of nitro groups is 1. The van der Waals surface area contributed by atoms with Crippen molar-refractivity contribution in [3.8, 4) is 0 Å². The van der Waals surface area contributed by atoms with Crippen molar-refractivity contribution in [2.24, 2.45) is 5.92 Å². The van der Waals surface area contributed by atoms with E-state index in [0.717, 1.165) is 11.8 Å². The Balaban J connectivity index is 2.28. The first-order chi connectivity index (χ1) is 11.7. The molecule has 0 saturated carbocycles. The average Bonchev–Trinajstić information content (AvgIpc) is 2.56. The summed E-state index contributed by atoms with van der Waals surface area (Å²) in [5, 5.41) is 20.3. The highest BCUT2D eigenvalue weighted by Crippen LogP contribution is 2.28. The van der Waals surface area contributed by atoms with Crippen LogP contribution in [0.15, 0.2) is 18.2 Å². The fourth-order valence-electron chi connectivity index (χ4n) is 2.73. The van der Waals surface area contributed by atoms with Gasteiger partial charge in [0.1, 0.15) is 6.04 Å². The lowest BCUT2D eigenvalue weighted by molar-refractivity contribution is -0.385. The quantitative estimate of drug-likeness (QED) is 0.624. The Morgan fingerprint density at radius 3 is 2.64 bits per heavy atom. The summed E-state index contributed by atoms with van der Waals surface area (Å²) in [6, 6.07) is 3.23. The first-order valence-corrected chi connectivity index (χ1v) is 8.62. The SMILES string of the molecule is CC(=O)SCC(C)C(=O)N1Cc2cc([N+](=O)[O-])ccc2CC1C(=O)O. The molecule has 1 aliphatic rings. The van der Waals surface area contributed by atoms with Gasteiger partial charge in [0.15, 0.2) is 5.12 Å². The Kier molecular flexibility index (Phi) is 5.78. The van der Waals surface area contributed by atoms with Crippen molar-refractivity contribution in [3.05, 3.63) is 39.4 Å². The molecule has 1 amide bonds. The molecule has 0 radical (unpaired) electrons. The second kappa shape index (κ2) is 7.64. The zero-order valence-corrected chi connectivity index (χ0v) is 14.6. The highest BCUT2D eigenvalue weighted by Gasteiger charge is 2.36. The molecule has 1 aromatic rings. The fourth-order valence-corrected chi connectivity index (χ4v) is 3.36. The minimum Gasteiger partial charge on any atom is -0.480 e. The number of aliphatic carboxylic acids is 1. The molecule has 0 aliphatic carbocycles. The highest BCUT2D eigenvalue weighted by atomic mass is 32.2. The third-order valence-electron chi connectivity index (χ3n) is 4.06. The molecule has 1 aliphatic heterocycles. The summed E-state index contributed by atoms with van der Waals surface area (Å²) in [4.78, 5) is 46.9. The molecule has 1 N–H and O–H groups in total. The predicted molar refractivity (Wildman–Crippen MR) is 91.1 cm³/mol. The largest absolute Gasteiger partial charge is 0.480 e. The number of thioether (sulfide) groups is 1. The first-order valence-electron chi connectivity index (χ1n) is 7.63. The summed E-state index contributed by atoms with van der Waals surface area (Å²) >= 11 is 1.01. The van der Waals surface area contributed by atoms with Crippen LogP contribution in [0.1, 0.15) is 25.0 Å². The Bertz CT molecular complexity index is 735. The maximum atomic E-state index is 12.7. The summed E-state index contributed by atoms with van der Waals surface area (Å²) < 4.78 is 0. The van der Waals surface area contributed by atoms with Crippen molar-refractivity contribution >= 4 is 34.4 Å². The van der Waals surface area contributed by atoms with Crippen LogP contribution in [0.5, 0.6) is 0 Å².